The maximum absolute atomic E-state index is 9.77. The Labute approximate surface area is 221 Å². The van der Waals surface area contributed by atoms with Gasteiger partial charge >= 0.3 is 11.9 Å². The molecule has 0 aliphatic heterocycles. The van der Waals surface area contributed by atoms with Crippen LogP contribution in [0.4, 0.5) is 0 Å². The third-order valence-corrected chi connectivity index (χ3v) is 6.89. The van der Waals surface area contributed by atoms with Gasteiger partial charge in [0.2, 0.25) is 0 Å². The molecule has 0 heterocycles. The zero-order valence-electron chi connectivity index (χ0n) is 23.7. The number of carboxylic acids is 2. The van der Waals surface area contributed by atoms with Crippen molar-refractivity contribution < 1.29 is 30.0 Å². The van der Waals surface area contributed by atoms with E-state index in [0.29, 0.717) is 0 Å². The number of hydrogen-bond acceptors (Lipinski definition) is 5. The number of nitrogens with two attached hydrogens (primary N) is 1. The summed E-state index contributed by atoms with van der Waals surface area (Å²) >= 11 is 0. The van der Waals surface area contributed by atoms with Crippen molar-refractivity contribution in [3.63, 3.8) is 0 Å². The van der Waals surface area contributed by atoms with Crippen LogP contribution < -0.4 is 5.73 Å². The largest absolute Gasteiger partial charge is 0.479 e. The Balaban J connectivity index is 0. The predicted octanol–water partition coefficient (Wildman–Crippen LogP) is 6.81. The van der Waals surface area contributed by atoms with Crippen LogP contribution in [0.3, 0.4) is 0 Å². The van der Waals surface area contributed by atoms with Crippen molar-refractivity contribution in [1.29, 1.82) is 0 Å². The van der Waals surface area contributed by atoms with Gasteiger partial charge in [-0.2, -0.15) is 0 Å². The molecule has 0 aliphatic rings. The Bertz CT molecular complexity index is 455. The van der Waals surface area contributed by atoms with Gasteiger partial charge in [-0.05, 0) is 19.3 Å². The van der Waals surface area contributed by atoms with Gasteiger partial charge in [-0.15, -0.1) is 0 Å². The molecule has 0 fully saturated rings. The monoisotopic (exact) mass is 517 g/mol. The molecule has 2 atom stereocenters. The van der Waals surface area contributed by atoms with Crippen LogP contribution in [0, 0.1) is 0 Å². The molecule has 0 aromatic carbocycles. The molecule has 0 radical (unpaired) electrons. The number of carboxylic acid groups (broad SMARTS) is 2. The molecule has 216 valence electrons. The highest BCUT2D eigenvalue weighted by Gasteiger charge is 2.29. The lowest BCUT2D eigenvalue weighted by Gasteiger charge is -2.30. The van der Waals surface area contributed by atoms with E-state index in [2.05, 4.69) is 20.8 Å². The molecule has 2 unspecified atom stereocenters. The summed E-state index contributed by atoms with van der Waals surface area (Å²) in [6.07, 6.45) is 24.3. The fraction of sp³-hybridized carbons (Fsp3) is 0.931. The first-order valence-corrected chi connectivity index (χ1v) is 14.8. The van der Waals surface area contributed by atoms with E-state index in [1.54, 1.807) is 0 Å². The van der Waals surface area contributed by atoms with Crippen LogP contribution >= 0.6 is 0 Å². The number of rotatable bonds is 24. The molecule has 36 heavy (non-hydrogen) atoms. The zero-order chi connectivity index (χ0) is 27.7. The van der Waals surface area contributed by atoms with Crippen molar-refractivity contribution in [3.05, 3.63) is 0 Å². The van der Waals surface area contributed by atoms with E-state index in [4.69, 9.17) is 26.2 Å². The molecule has 0 amide bonds. The topological polar surface area (TPSA) is 141 Å². The minimum absolute atomic E-state index is 0.139. The Hall–Kier alpha value is -1.18. The van der Waals surface area contributed by atoms with Gasteiger partial charge in [-0.25, -0.2) is 9.59 Å². The molecular formula is C29H59NO6. The molecule has 7 heteroatoms. The van der Waals surface area contributed by atoms with Gasteiger partial charge in [0.15, 0.2) is 12.2 Å². The quantitative estimate of drug-likeness (QED) is 0.0885. The Morgan fingerprint density at radius 3 is 0.972 bits per heavy atom. The van der Waals surface area contributed by atoms with Crippen LogP contribution in [0.1, 0.15) is 156 Å². The molecule has 6 N–H and O–H groups in total. The summed E-state index contributed by atoms with van der Waals surface area (Å²) in [5.41, 5.74) is 7.06. The lowest BCUT2D eigenvalue weighted by Crippen LogP contribution is -2.39. The fourth-order valence-corrected chi connectivity index (χ4v) is 4.42. The van der Waals surface area contributed by atoms with Crippen LogP contribution in [0.5, 0.6) is 0 Å². The Morgan fingerprint density at radius 2 is 0.750 bits per heavy atom. The second-order valence-corrected chi connectivity index (χ2v) is 10.5. The van der Waals surface area contributed by atoms with Gasteiger partial charge in [0.1, 0.15) is 0 Å². The first-order valence-electron chi connectivity index (χ1n) is 14.8. The third kappa shape index (κ3) is 23.2. The zero-order valence-corrected chi connectivity index (χ0v) is 23.7. The number of unbranched alkanes of at least 4 members (excludes halogenated alkanes) is 15. The van der Waals surface area contributed by atoms with Crippen LogP contribution in [-0.4, -0.2) is 50.1 Å². The van der Waals surface area contributed by atoms with E-state index in [-0.39, 0.29) is 5.54 Å². The minimum Gasteiger partial charge on any atom is -0.479 e. The number of hydrogen-bond donors (Lipinski definition) is 5. The van der Waals surface area contributed by atoms with E-state index in [9.17, 15) is 9.59 Å². The van der Waals surface area contributed by atoms with Crippen molar-refractivity contribution >= 4 is 11.9 Å². The van der Waals surface area contributed by atoms with E-state index in [1.165, 1.54) is 135 Å². The lowest BCUT2D eigenvalue weighted by atomic mass is 9.82. The second-order valence-electron chi connectivity index (χ2n) is 10.5. The summed E-state index contributed by atoms with van der Waals surface area (Å²) in [5, 5.41) is 32.5. The molecule has 0 aromatic rings. The van der Waals surface area contributed by atoms with Gasteiger partial charge in [-0.1, -0.05) is 136 Å². The van der Waals surface area contributed by atoms with Gasteiger partial charge in [0, 0.05) is 5.54 Å². The number of aliphatic hydroxyl groups excluding tert-OH is 2. The van der Waals surface area contributed by atoms with E-state index < -0.39 is 24.1 Å². The van der Waals surface area contributed by atoms with E-state index in [0.717, 1.165) is 0 Å². The van der Waals surface area contributed by atoms with Crippen molar-refractivity contribution in [1.82, 2.24) is 0 Å². The third-order valence-electron chi connectivity index (χ3n) is 6.89. The average Bonchev–Trinajstić information content (AvgIpc) is 2.85. The Kier molecular flexibility index (Phi) is 26.2. The number of aliphatic carboxylic acids is 2. The summed E-state index contributed by atoms with van der Waals surface area (Å²) in [4.78, 5) is 19.5. The van der Waals surface area contributed by atoms with Crippen LogP contribution in [-0.2, 0) is 9.59 Å². The van der Waals surface area contributed by atoms with Crippen LogP contribution in [0.15, 0.2) is 0 Å². The van der Waals surface area contributed by atoms with E-state index >= 15 is 0 Å². The molecule has 0 saturated carbocycles. The summed E-state index contributed by atoms with van der Waals surface area (Å²) < 4.78 is 0. The molecule has 0 spiro atoms. The molecule has 0 bridgehead atoms. The molecule has 0 rings (SSSR count). The maximum atomic E-state index is 9.77. The summed E-state index contributed by atoms with van der Waals surface area (Å²) in [6.45, 7) is 6.89. The predicted molar refractivity (Wildman–Crippen MR) is 148 cm³/mol. The van der Waals surface area contributed by atoms with Gasteiger partial charge in [0.05, 0.1) is 0 Å². The standard InChI is InChI=1S/C25H53N.C4H6O6/c1-4-7-10-13-16-19-22-25(26,23-20-17-14-11-8-5-2)24-21-18-15-12-9-6-3;5-1(3(7)8)2(6)4(9)10/h4-24,26H2,1-3H3;1-2,5-6H,(H,7,8)(H,9,10). The molecule has 0 saturated heterocycles. The minimum atomic E-state index is -2.27. The summed E-state index contributed by atoms with van der Waals surface area (Å²) in [5.74, 6) is -3.54. The molecule has 0 aliphatic carbocycles. The highest BCUT2D eigenvalue weighted by atomic mass is 16.4. The van der Waals surface area contributed by atoms with Crippen molar-refractivity contribution in [2.45, 2.75) is 173 Å². The number of carbonyl (C=O) groups is 2. The van der Waals surface area contributed by atoms with E-state index in [1.807, 2.05) is 0 Å². The number of aliphatic hydroxyl groups is 2. The van der Waals surface area contributed by atoms with Gasteiger partial charge in [0.25, 0.3) is 0 Å². The lowest BCUT2D eigenvalue weighted by molar-refractivity contribution is -0.165. The Morgan fingerprint density at radius 1 is 0.528 bits per heavy atom. The smallest absolute Gasteiger partial charge is 0.335 e. The molecular weight excluding hydrogens is 458 g/mol. The van der Waals surface area contributed by atoms with Crippen molar-refractivity contribution in [2.75, 3.05) is 0 Å². The van der Waals surface area contributed by atoms with Gasteiger partial charge < -0.3 is 26.2 Å². The summed E-state index contributed by atoms with van der Waals surface area (Å²) in [7, 11) is 0. The van der Waals surface area contributed by atoms with Crippen LogP contribution in [0.25, 0.3) is 0 Å². The SMILES string of the molecule is CCCCCCCCC(N)(CCCCCCCC)CCCCCCCC.O=C(O)C(O)C(O)C(=O)O. The second kappa shape index (κ2) is 25.5. The molecule has 0 aromatic heterocycles. The highest BCUT2D eigenvalue weighted by molar-refractivity contribution is 5.83. The average molecular weight is 518 g/mol. The van der Waals surface area contributed by atoms with Crippen molar-refractivity contribution in [3.8, 4) is 0 Å². The van der Waals surface area contributed by atoms with Crippen molar-refractivity contribution in [2.24, 2.45) is 5.73 Å². The highest BCUT2D eigenvalue weighted by Crippen LogP contribution is 2.27. The van der Waals surface area contributed by atoms with Gasteiger partial charge in [-0.3, -0.25) is 0 Å². The first kappa shape index (κ1) is 37.0. The first-order chi connectivity index (χ1) is 17.1. The van der Waals surface area contributed by atoms with Crippen LogP contribution in [0.2, 0.25) is 0 Å². The fourth-order valence-electron chi connectivity index (χ4n) is 4.42. The maximum Gasteiger partial charge on any atom is 0.335 e. The summed E-state index contributed by atoms with van der Waals surface area (Å²) in [6, 6.07) is 0. The normalized spacial score (nSPS) is 13.1. The molecule has 7 nitrogen and oxygen atoms in total.